The monoisotopic (exact) mass is 320 g/mol. The lowest BCUT2D eigenvalue weighted by Gasteiger charge is -2.09. The molecule has 0 atom stereocenters. The molecular formula is C21H17ClO. The molecule has 0 aliphatic heterocycles. The molecule has 0 aliphatic rings. The summed E-state index contributed by atoms with van der Waals surface area (Å²) in [7, 11) is 0. The molecule has 1 nitrogen and oxygen atoms in total. The average molecular weight is 321 g/mol. The van der Waals surface area contributed by atoms with Crippen molar-refractivity contribution in [3.8, 4) is 0 Å². The Labute approximate surface area is 141 Å². The standard InChI is InChI=1S/C21H17ClO/c22-21(23)20-14-18(11-16-7-3-1-4-8-16)13-19(15-20)12-17-9-5-2-6-10-17/h1-10,13-15H,11-12H2. The van der Waals surface area contributed by atoms with E-state index >= 15 is 0 Å². The van der Waals surface area contributed by atoms with Crippen molar-refractivity contribution in [1.82, 2.24) is 0 Å². The quantitative estimate of drug-likeness (QED) is 0.587. The fourth-order valence-electron chi connectivity index (χ4n) is 2.74. The molecule has 0 N–H and O–H groups in total. The molecule has 3 aromatic rings. The molecule has 0 heterocycles. The number of benzene rings is 3. The summed E-state index contributed by atoms with van der Waals surface area (Å²) in [5.74, 6) is 0. The van der Waals surface area contributed by atoms with Crippen molar-refractivity contribution >= 4 is 16.8 Å². The minimum atomic E-state index is -0.408. The highest BCUT2D eigenvalue weighted by atomic mass is 35.5. The number of carbonyl (C=O) groups excluding carboxylic acids is 1. The maximum atomic E-state index is 11.6. The Morgan fingerprint density at radius 2 is 1.09 bits per heavy atom. The van der Waals surface area contributed by atoms with Gasteiger partial charge in [-0.1, -0.05) is 66.7 Å². The molecule has 23 heavy (non-hydrogen) atoms. The highest BCUT2D eigenvalue weighted by Gasteiger charge is 2.08. The zero-order valence-corrected chi connectivity index (χ0v) is 13.5. The van der Waals surface area contributed by atoms with Crippen molar-refractivity contribution in [3.63, 3.8) is 0 Å². The van der Waals surface area contributed by atoms with Crippen LogP contribution in [0, 0.1) is 0 Å². The zero-order valence-electron chi connectivity index (χ0n) is 12.7. The molecule has 0 aliphatic carbocycles. The van der Waals surface area contributed by atoms with Gasteiger partial charge in [-0.2, -0.15) is 0 Å². The van der Waals surface area contributed by atoms with E-state index in [2.05, 4.69) is 30.3 Å². The van der Waals surface area contributed by atoms with Crippen molar-refractivity contribution in [2.45, 2.75) is 12.8 Å². The van der Waals surface area contributed by atoms with E-state index in [1.165, 1.54) is 11.1 Å². The van der Waals surface area contributed by atoms with Gasteiger partial charge in [-0.15, -0.1) is 0 Å². The molecular weight excluding hydrogens is 304 g/mol. The second-order valence-corrected chi connectivity index (χ2v) is 5.98. The van der Waals surface area contributed by atoms with Crippen LogP contribution in [0.2, 0.25) is 0 Å². The van der Waals surface area contributed by atoms with Gasteiger partial charge in [0, 0.05) is 5.56 Å². The molecule has 3 rings (SSSR count). The van der Waals surface area contributed by atoms with Crippen LogP contribution in [0.5, 0.6) is 0 Å². The summed E-state index contributed by atoms with van der Waals surface area (Å²) in [6.07, 6.45) is 1.58. The Morgan fingerprint density at radius 1 is 0.652 bits per heavy atom. The van der Waals surface area contributed by atoms with Crippen LogP contribution in [0.3, 0.4) is 0 Å². The Kier molecular flexibility index (Phi) is 4.89. The lowest BCUT2D eigenvalue weighted by atomic mass is 9.97. The minimum absolute atomic E-state index is 0.408. The van der Waals surface area contributed by atoms with Gasteiger partial charge in [-0.3, -0.25) is 4.79 Å². The normalized spacial score (nSPS) is 10.5. The summed E-state index contributed by atoms with van der Waals surface area (Å²) in [5.41, 5.74) is 5.21. The van der Waals surface area contributed by atoms with Gasteiger partial charge in [0.25, 0.3) is 5.24 Å². The van der Waals surface area contributed by atoms with Crippen molar-refractivity contribution < 1.29 is 4.79 Å². The summed E-state index contributed by atoms with van der Waals surface area (Å²) in [4.78, 5) is 11.6. The predicted molar refractivity (Wildman–Crippen MR) is 95.1 cm³/mol. The third-order valence-corrected chi connectivity index (χ3v) is 4.00. The van der Waals surface area contributed by atoms with Gasteiger partial charge < -0.3 is 0 Å². The van der Waals surface area contributed by atoms with Crippen LogP contribution in [-0.2, 0) is 12.8 Å². The fraction of sp³-hybridized carbons (Fsp3) is 0.0952. The molecule has 0 radical (unpaired) electrons. The second-order valence-electron chi connectivity index (χ2n) is 5.64. The number of rotatable bonds is 5. The molecule has 0 bridgehead atoms. The number of carbonyl (C=O) groups is 1. The smallest absolute Gasteiger partial charge is 0.252 e. The first-order valence-corrected chi connectivity index (χ1v) is 7.99. The first-order chi connectivity index (χ1) is 11.2. The van der Waals surface area contributed by atoms with Gasteiger partial charge in [0.1, 0.15) is 0 Å². The summed E-state index contributed by atoms with van der Waals surface area (Å²) in [6.45, 7) is 0. The highest BCUT2D eigenvalue weighted by Crippen LogP contribution is 2.19. The lowest BCUT2D eigenvalue weighted by Crippen LogP contribution is -1.98. The summed E-state index contributed by atoms with van der Waals surface area (Å²) in [6, 6.07) is 26.4. The van der Waals surface area contributed by atoms with Crippen LogP contribution < -0.4 is 0 Å². The van der Waals surface area contributed by atoms with Crippen LogP contribution in [0.4, 0.5) is 0 Å². The van der Waals surface area contributed by atoms with Crippen molar-refractivity contribution in [2.75, 3.05) is 0 Å². The van der Waals surface area contributed by atoms with Gasteiger partial charge in [0.05, 0.1) is 0 Å². The molecule has 0 saturated heterocycles. The Hall–Kier alpha value is -2.38. The zero-order chi connectivity index (χ0) is 16.1. The van der Waals surface area contributed by atoms with Crippen molar-refractivity contribution in [2.24, 2.45) is 0 Å². The van der Waals surface area contributed by atoms with Crippen LogP contribution in [0.1, 0.15) is 32.6 Å². The number of hydrogen-bond acceptors (Lipinski definition) is 1. The van der Waals surface area contributed by atoms with Gasteiger partial charge in [-0.25, -0.2) is 0 Å². The lowest BCUT2D eigenvalue weighted by molar-refractivity contribution is 0.108. The summed E-state index contributed by atoms with van der Waals surface area (Å²) >= 11 is 5.71. The molecule has 0 spiro atoms. The SMILES string of the molecule is O=C(Cl)c1cc(Cc2ccccc2)cc(Cc2ccccc2)c1. The van der Waals surface area contributed by atoms with E-state index in [1.807, 2.05) is 48.5 Å². The van der Waals surface area contributed by atoms with Gasteiger partial charge in [-0.05, 0) is 58.8 Å². The molecule has 0 aromatic heterocycles. The van der Waals surface area contributed by atoms with Crippen LogP contribution in [-0.4, -0.2) is 5.24 Å². The van der Waals surface area contributed by atoms with E-state index in [1.54, 1.807) is 0 Å². The Balaban J connectivity index is 1.91. The maximum Gasteiger partial charge on any atom is 0.252 e. The van der Waals surface area contributed by atoms with Gasteiger partial charge >= 0.3 is 0 Å². The Bertz CT molecular complexity index is 735. The molecule has 0 amide bonds. The van der Waals surface area contributed by atoms with Crippen LogP contribution >= 0.6 is 11.6 Å². The molecule has 2 heteroatoms. The number of halogens is 1. The largest absolute Gasteiger partial charge is 0.276 e. The van der Waals surface area contributed by atoms with E-state index in [4.69, 9.17) is 11.6 Å². The average Bonchev–Trinajstić information content (AvgIpc) is 2.56. The highest BCUT2D eigenvalue weighted by molar-refractivity contribution is 6.67. The van der Waals surface area contributed by atoms with Crippen molar-refractivity contribution in [1.29, 1.82) is 0 Å². The van der Waals surface area contributed by atoms with Gasteiger partial charge in [0.15, 0.2) is 0 Å². The van der Waals surface area contributed by atoms with Gasteiger partial charge in [0.2, 0.25) is 0 Å². The molecule has 0 saturated carbocycles. The molecule has 114 valence electrons. The van der Waals surface area contributed by atoms with Crippen molar-refractivity contribution in [3.05, 3.63) is 107 Å². The third kappa shape index (κ3) is 4.30. The van der Waals surface area contributed by atoms with E-state index in [9.17, 15) is 4.79 Å². The van der Waals surface area contributed by atoms with E-state index in [0.717, 1.165) is 24.0 Å². The first-order valence-electron chi connectivity index (χ1n) is 7.61. The van der Waals surface area contributed by atoms with E-state index in [-0.39, 0.29) is 0 Å². The first kappa shape index (κ1) is 15.5. The molecule has 0 unspecified atom stereocenters. The van der Waals surface area contributed by atoms with Crippen LogP contribution in [0.25, 0.3) is 0 Å². The fourth-order valence-corrected chi connectivity index (χ4v) is 2.85. The predicted octanol–water partition coefficient (Wildman–Crippen LogP) is 5.25. The second kappa shape index (κ2) is 7.26. The Morgan fingerprint density at radius 3 is 1.48 bits per heavy atom. The summed E-state index contributed by atoms with van der Waals surface area (Å²) < 4.78 is 0. The van der Waals surface area contributed by atoms with Crippen LogP contribution in [0.15, 0.2) is 78.9 Å². The maximum absolute atomic E-state index is 11.6. The topological polar surface area (TPSA) is 17.1 Å². The molecule has 3 aromatic carbocycles. The number of hydrogen-bond donors (Lipinski definition) is 0. The minimum Gasteiger partial charge on any atom is -0.276 e. The third-order valence-electron chi connectivity index (χ3n) is 3.78. The molecule has 0 fully saturated rings. The van der Waals surface area contributed by atoms with E-state index in [0.29, 0.717) is 5.56 Å². The van der Waals surface area contributed by atoms with E-state index < -0.39 is 5.24 Å². The summed E-state index contributed by atoms with van der Waals surface area (Å²) in [5, 5.41) is -0.408.